The summed E-state index contributed by atoms with van der Waals surface area (Å²) in [6, 6.07) is 7.08. The zero-order valence-corrected chi connectivity index (χ0v) is 10.2. The lowest BCUT2D eigenvalue weighted by atomic mass is 10.2. The zero-order chi connectivity index (χ0) is 15.4. The number of nitrogens with one attached hydrogen (secondary N) is 1. The molecule has 1 N–H and O–H groups in total. The van der Waals surface area contributed by atoms with Gasteiger partial charge in [0.25, 0.3) is 0 Å². The number of rotatable bonds is 3. The van der Waals surface area contributed by atoms with E-state index in [-0.39, 0.29) is 11.8 Å². The van der Waals surface area contributed by atoms with E-state index in [0.29, 0.717) is 0 Å². The topological polar surface area (TPSA) is 24.4 Å². The van der Waals surface area contributed by atoms with Crippen LogP contribution in [-0.2, 0) is 0 Å². The van der Waals surface area contributed by atoms with Gasteiger partial charge in [-0.1, -0.05) is 18.2 Å². The number of allylic oxidation sites excluding steroid dienone is 2. The van der Waals surface area contributed by atoms with Crippen molar-refractivity contribution >= 4 is 11.4 Å². The fourth-order valence-electron chi connectivity index (χ4n) is 1.28. The van der Waals surface area contributed by atoms with Crippen molar-refractivity contribution in [3.05, 3.63) is 42.1 Å². The average Bonchev–Trinajstić information content (AvgIpc) is 2.32. The Kier molecular flexibility index (Phi) is 4.80. The Morgan fingerprint density at radius 1 is 1.00 bits per heavy atom. The highest BCUT2D eigenvalue weighted by Gasteiger charge is 2.39. The molecule has 0 unspecified atom stereocenters. The highest BCUT2D eigenvalue weighted by atomic mass is 19.4. The molecule has 0 atom stereocenters. The van der Waals surface area contributed by atoms with E-state index in [1.807, 2.05) is 5.32 Å². The molecule has 1 aromatic rings. The van der Waals surface area contributed by atoms with Crippen LogP contribution in [0, 0.1) is 0 Å². The summed E-state index contributed by atoms with van der Waals surface area (Å²) in [4.78, 5) is 2.83. The minimum Gasteiger partial charge on any atom is -0.351 e. The predicted molar refractivity (Wildman–Crippen MR) is 63.6 cm³/mol. The van der Waals surface area contributed by atoms with E-state index in [9.17, 15) is 26.3 Å². The molecular weight excluding hydrogens is 286 g/mol. The van der Waals surface area contributed by atoms with E-state index in [2.05, 4.69) is 4.99 Å². The molecular formula is C12H10F6N2. The maximum absolute atomic E-state index is 12.7. The standard InChI is InChI=1S/C12H10F6N2/c1-19-9(11(13,14)15)7-10(12(16,17)18)20-8-5-3-2-4-6-8/h2-7,20H,1H3. The molecule has 1 aromatic carbocycles. The largest absolute Gasteiger partial charge is 0.432 e. The van der Waals surface area contributed by atoms with Crippen molar-refractivity contribution in [3.8, 4) is 0 Å². The van der Waals surface area contributed by atoms with Gasteiger partial charge in [0.2, 0.25) is 0 Å². The molecule has 0 heterocycles. The molecule has 0 aliphatic rings. The number of aliphatic imine (C=N–C) groups is 1. The van der Waals surface area contributed by atoms with Crippen LogP contribution in [0.15, 0.2) is 47.1 Å². The first-order valence-corrected chi connectivity index (χ1v) is 5.29. The van der Waals surface area contributed by atoms with Gasteiger partial charge in [0, 0.05) is 12.7 Å². The first-order chi connectivity index (χ1) is 9.14. The summed E-state index contributed by atoms with van der Waals surface area (Å²) in [5.41, 5.74) is -3.14. The van der Waals surface area contributed by atoms with Gasteiger partial charge < -0.3 is 5.32 Å². The lowest BCUT2D eigenvalue weighted by Gasteiger charge is -2.15. The fourth-order valence-corrected chi connectivity index (χ4v) is 1.28. The van der Waals surface area contributed by atoms with Gasteiger partial charge in [-0.25, -0.2) is 0 Å². The summed E-state index contributed by atoms with van der Waals surface area (Å²) in [5, 5.41) is 1.91. The van der Waals surface area contributed by atoms with Crippen LogP contribution in [-0.4, -0.2) is 25.1 Å². The first kappa shape index (κ1) is 16.1. The minimum absolute atomic E-state index is 0.0219. The molecule has 0 saturated carbocycles. The lowest BCUT2D eigenvalue weighted by molar-refractivity contribution is -0.0904. The third-order valence-electron chi connectivity index (χ3n) is 2.17. The molecule has 0 bridgehead atoms. The van der Waals surface area contributed by atoms with Crippen LogP contribution in [0.2, 0.25) is 0 Å². The summed E-state index contributed by atoms with van der Waals surface area (Å²) in [6.07, 6.45) is -9.98. The molecule has 110 valence electrons. The van der Waals surface area contributed by atoms with Crippen molar-refractivity contribution in [1.82, 2.24) is 0 Å². The van der Waals surface area contributed by atoms with Crippen molar-refractivity contribution in [1.29, 1.82) is 0 Å². The Morgan fingerprint density at radius 3 is 1.95 bits per heavy atom. The summed E-state index contributed by atoms with van der Waals surface area (Å²) in [7, 11) is 0.774. The van der Waals surface area contributed by atoms with Gasteiger partial charge in [0.05, 0.1) is 0 Å². The number of hydrogen-bond acceptors (Lipinski definition) is 2. The third kappa shape index (κ3) is 4.60. The monoisotopic (exact) mass is 296 g/mol. The summed E-state index contributed by atoms with van der Waals surface area (Å²) >= 11 is 0. The number of para-hydroxylation sites is 1. The van der Waals surface area contributed by atoms with Crippen molar-refractivity contribution in [2.45, 2.75) is 12.4 Å². The van der Waals surface area contributed by atoms with Gasteiger partial charge in [-0.2, -0.15) is 26.3 Å². The summed E-state index contributed by atoms with van der Waals surface area (Å²) < 4.78 is 75.5. The maximum atomic E-state index is 12.7. The van der Waals surface area contributed by atoms with Crippen LogP contribution < -0.4 is 5.32 Å². The summed E-state index contributed by atoms with van der Waals surface area (Å²) in [5.74, 6) is 0. The van der Waals surface area contributed by atoms with Gasteiger partial charge in [-0.05, 0) is 18.2 Å². The fraction of sp³-hybridized carbons (Fsp3) is 0.250. The Hall–Kier alpha value is -1.99. The second kappa shape index (κ2) is 5.98. The van der Waals surface area contributed by atoms with E-state index in [0.717, 1.165) is 7.05 Å². The number of anilines is 1. The van der Waals surface area contributed by atoms with Crippen LogP contribution in [0.1, 0.15) is 0 Å². The van der Waals surface area contributed by atoms with Gasteiger partial charge in [0.1, 0.15) is 11.4 Å². The lowest BCUT2D eigenvalue weighted by Crippen LogP contribution is -2.26. The smallest absolute Gasteiger partial charge is 0.351 e. The second-order valence-electron chi connectivity index (χ2n) is 3.65. The van der Waals surface area contributed by atoms with Crippen LogP contribution in [0.5, 0.6) is 0 Å². The third-order valence-corrected chi connectivity index (χ3v) is 2.17. The predicted octanol–water partition coefficient (Wildman–Crippen LogP) is 4.18. The number of benzene rings is 1. The van der Waals surface area contributed by atoms with Crippen LogP contribution >= 0.6 is 0 Å². The highest BCUT2D eigenvalue weighted by molar-refractivity contribution is 6.00. The molecule has 0 amide bonds. The average molecular weight is 296 g/mol. The molecule has 1 rings (SSSR count). The van der Waals surface area contributed by atoms with Crippen molar-refractivity contribution in [3.63, 3.8) is 0 Å². The van der Waals surface area contributed by atoms with Gasteiger partial charge in [-0.15, -0.1) is 0 Å². The normalized spacial score (nSPS) is 14.3. The molecule has 0 aromatic heterocycles. The summed E-state index contributed by atoms with van der Waals surface area (Å²) in [6.45, 7) is 0. The van der Waals surface area contributed by atoms with E-state index in [4.69, 9.17) is 0 Å². The van der Waals surface area contributed by atoms with Crippen molar-refractivity contribution in [2.24, 2.45) is 4.99 Å². The quantitative estimate of drug-likeness (QED) is 0.657. The molecule has 2 nitrogen and oxygen atoms in total. The van der Waals surface area contributed by atoms with Crippen LogP contribution in [0.25, 0.3) is 0 Å². The van der Waals surface area contributed by atoms with E-state index in [1.165, 1.54) is 24.3 Å². The zero-order valence-electron chi connectivity index (χ0n) is 10.2. The van der Waals surface area contributed by atoms with Crippen LogP contribution in [0.3, 0.4) is 0 Å². The Balaban J connectivity index is 3.14. The highest BCUT2D eigenvalue weighted by Crippen LogP contribution is 2.29. The molecule has 20 heavy (non-hydrogen) atoms. The van der Waals surface area contributed by atoms with E-state index in [1.54, 1.807) is 6.07 Å². The van der Waals surface area contributed by atoms with Crippen molar-refractivity contribution < 1.29 is 26.3 Å². The molecule has 0 saturated heterocycles. The van der Waals surface area contributed by atoms with Crippen molar-refractivity contribution in [2.75, 3.05) is 12.4 Å². The SMILES string of the molecule is CN=C(C=C(Nc1ccccc1)C(F)(F)F)C(F)(F)F. The molecule has 0 aliphatic carbocycles. The van der Waals surface area contributed by atoms with E-state index >= 15 is 0 Å². The van der Waals surface area contributed by atoms with Crippen LogP contribution in [0.4, 0.5) is 32.0 Å². The number of hydrogen-bond donors (Lipinski definition) is 1. The van der Waals surface area contributed by atoms with Gasteiger partial charge >= 0.3 is 12.4 Å². The molecule has 0 spiro atoms. The van der Waals surface area contributed by atoms with Gasteiger partial charge in [-0.3, -0.25) is 4.99 Å². The number of nitrogens with zero attached hydrogens (tertiary/aromatic N) is 1. The number of alkyl halides is 6. The minimum atomic E-state index is -4.96. The molecule has 0 fully saturated rings. The molecule has 8 heteroatoms. The first-order valence-electron chi connectivity index (χ1n) is 5.29. The molecule has 0 radical (unpaired) electrons. The number of halogens is 6. The van der Waals surface area contributed by atoms with Gasteiger partial charge in [0.15, 0.2) is 0 Å². The maximum Gasteiger partial charge on any atom is 0.432 e. The second-order valence-corrected chi connectivity index (χ2v) is 3.65. The Labute approximate surface area is 110 Å². The Morgan fingerprint density at radius 2 is 1.55 bits per heavy atom. The molecule has 0 aliphatic heterocycles. The van der Waals surface area contributed by atoms with E-state index < -0.39 is 23.8 Å². The Bertz CT molecular complexity index is 499.